The minimum atomic E-state index is -0.403. The van der Waals surface area contributed by atoms with Crippen molar-refractivity contribution in [2.24, 2.45) is 0 Å². The molecule has 4 aliphatic rings. The first-order chi connectivity index (χ1) is 21.0. The van der Waals surface area contributed by atoms with E-state index in [1.807, 2.05) is 30.3 Å². The largest absolute Gasteiger partial charge is 0.495 e. The van der Waals surface area contributed by atoms with Crippen molar-refractivity contribution >= 4 is 17.5 Å². The second-order valence-electron chi connectivity index (χ2n) is 12.0. The molecule has 2 aromatic heterocycles. The Kier molecular flexibility index (Phi) is 7.46. The molecule has 0 saturated carbocycles. The van der Waals surface area contributed by atoms with Crippen LogP contribution in [0.5, 0.6) is 5.75 Å². The third kappa shape index (κ3) is 5.44. The van der Waals surface area contributed by atoms with E-state index in [1.54, 1.807) is 13.3 Å². The van der Waals surface area contributed by atoms with E-state index in [0.29, 0.717) is 23.2 Å². The number of methoxy groups -OCH3 is 1. The van der Waals surface area contributed by atoms with Crippen LogP contribution in [-0.4, -0.2) is 82.0 Å². The van der Waals surface area contributed by atoms with Crippen molar-refractivity contribution in [2.45, 2.75) is 43.7 Å². The van der Waals surface area contributed by atoms with Gasteiger partial charge in [-0.05, 0) is 81.2 Å². The Hall–Kier alpha value is -4.06. The summed E-state index contributed by atoms with van der Waals surface area (Å²) in [4.78, 5) is 19.3. The Labute approximate surface area is 251 Å². The zero-order chi connectivity index (χ0) is 29.4. The van der Waals surface area contributed by atoms with Crippen molar-refractivity contribution < 1.29 is 14.4 Å². The smallest absolute Gasteiger partial charge is 0.263 e. The van der Waals surface area contributed by atoms with E-state index in [1.165, 1.54) is 11.1 Å². The van der Waals surface area contributed by atoms with Crippen molar-refractivity contribution in [3.8, 4) is 17.2 Å². The van der Waals surface area contributed by atoms with Gasteiger partial charge in [0.25, 0.3) is 5.89 Å². The highest BCUT2D eigenvalue weighted by Gasteiger charge is 2.44. The first kappa shape index (κ1) is 27.8. The summed E-state index contributed by atoms with van der Waals surface area (Å²) < 4.78 is 11.6. The fourth-order valence-electron chi connectivity index (χ4n) is 6.62. The quantitative estimate of drug-likeness (QED) is 0.264. The SMILES string of the molecule is COc1cc2c(cc1Nc1ncc(-c3nc(C45CCN(CC4)CC5)no3)c(N[C@H](CO)c3ccccc3)n1)CN(C)CC2. The molecule has 0 unspecified atom stereocenters. The first-order valence-corrected chi connectivity index (χ1v) is 15.1. The molecule has 0 spiro atoms. The van der Waals surface area contributed by atoms with Crippen molar-refractivity contribution in [1.29, 1.82) is 0 Å². The van der Waals surface area contributed by atoms with Crippen molar-refractivity contribution in [3.05, 3.63) is 71.2 Å². The van der Waals surface area contributed by atoms with Gasteiger partial charge in [0.1, 0.15) is 17.1 Å². The molecular weight excluding hydrogens is 544 g/mol. The second-order valence-corrected chi connectivity index (χ2v) is 12.0. The number of piperidine rings is 3. The van der Waals surface area contributed by atoms with Gasteiger partial charge < -0.3 is 34.8 Å². The van der Waals surface area contributed by atoms with Gasteiger partial charge in [-0.25, -0.2) is 4.98 Å². The van der Waals surface area contributed by atoms with Gasteiger partial charge in [-0.1, -0.05) is 35.5 Å². The van der Waals surface area contributed by atoms with Gasteiger partial charge in [0.2, 0.25) is 5.95 Å². The molecule has 2 aromatic carbocycles. The Balaban J connectivity index is 1.24. The lowest BCUT2D eigenvalue weighted by Crippen LogP contribution is -2.51. The molecule has 4 aliphatic heterocycles. The van der Waals surface area contributed by atoms with E-state index < -0.39 is 6.04 Å². The lowest BCUT2D eigenvalue weighted by atomic mass is 9.71. The van der Waals surface area contributed by atoms with Crippen molar-refractivity contribution in [1.82, 2.24) is 29.9 Å². The van der Waals surface area contributed by atoms with Crippen LogP contribution in [0, 0.1) is 0 Å². The summed E-state index contributed by atoms with van der Waals surface area (Å²) >= 11 is 0. The molecule has 3 N–H and O–H groups in total. The molecule has 0 amide bonds. The van der Waals surface area contributed by atoms with Crippen LogP contribution in [0.15, 0.2) is 53.2 Å². The molecule has 6 heterocycles. The van der Waals surface area contributed by atoms with Gasteiger partial charge in [-0.15, -0.1) is 0 Å². The normalized spacial score (nSPS) is 22.2. The molecule has 11 nitrogen and oxygen atoms in total. The molecule has 2 bridgehead atoms. The monoisotopic (exact) mass is 582 g/mol. The third-order valence-corrected chi connectivity index (χ3v) is 9.31. The summed E-state index contributed by atoms with van der Waals surface area (Å²) in [5.74, 6) is 2.74. The highest BCUT2D eigenvalue weighted by molar-refractivity contribution is 5.72. The number of nitrogens with one attached hydrogen (secondary N) is 2. The van der Waals surface area contributed by atoms with Gasteiger partial charge in [-0.3, -0.25) is 0 Å². The number of aliphatic hydroxyl groups excluding tert-OH is 1. The topological polar surface area (TPSA) is 125 Å². The number of likely N-dealkylation sites (N-methyl/N-ethyl adjacent to an activating group) is 1. The molecule has 224 valence electrons. The molecule has 11 heteroatoms. The summed E-state index contributed by atoms with van der Waals surface area (Å²) in [5.41, 5.74) is 4.82. The Bertz CT molecular complexity index is 1570. The van der Waals surface area contributed by atoms with Crippen LogP contribution in [0.2, 0.25) is 0 Å². The van der Waals surface area contributed by atoms with Gasteiger partial charge in [-0.2, -0.15) is 9.97 Å². The fraction of sp³-hybridized carbons (Fsp3) is 0.438. The highest BCUT2D eigenvalue weighted by Crippen LogP contribution is 2.42. The highest BCUT2D eigenvalue weighted by atomic mass is 16.5. The average molecular weight is 583 g/mol. The number of anilines is 3. The van der Waals surface area contributed by atoms with Gasteiger partial charge in [0, 0.05) is 24.7 Å². The van der Waals surface area contributed by atoms with Crippen LogP contribution in [-0.2, 0) is 18.4 Å². The number of aromatic nitrogens is 4. The van der Waals surface area contributed by atoms with E-state index in [2.05, 4.69) is 49.8 Å². The molecule has 3 saturated heterocycles. The van der Waals surface area contributed by atoms with E-state index >= 15 is 0 Å². The van der Waals surface area contributed by atoms with Gasteiger partial charge >= 0.3 is 0 Å². The molecule has 4 aromatic rings. The maximum atomic E-state index is 10.4. The van der Waals surface area contributed by atoms with Crippen LogP contribution in [0.4, 0.5) is 17.5 Å². The van der Waals surface area contributed by atoms with Crippen LogP contribution in [0.25, 0.3) is 11.5 Å². The predicted octanol–water partition coefficient (Wildman–Crippen LogP) is 4.15. The predicted molar refractivity (Wildman–Crippen MR) is 163 cm³/mol. The minimum absolute atomic E-state index is 0.0405. The number of rotatable bonds is 9. The summed E-state index contributed by atoms with van der Waals surface area (Å²) in [5, 5.41) is 21.6. The second kappa shape index (κ2) is 11.6. The fourth-order valence-corrected chi connectivity index (χ4v) is 6.62. The molecule has 1 atom stereocenters. The molecule has 0 aliphatic carbocycles. The van der Waals surface area contributed by atoms with Crippen LogP contribution in [0.1, 0.15) is 47.8 Å². The molecule has 3 fully saturated rings. The molecule has 0 radical (unpaired) electrons. The van der Waals surface area contributed by atoms with E-state index in [9.17, 15) is 5.11 Å². The molecule has 8 rings (SSSR count). The van der Waals surface area contributed by atoms with E-state index in [-0.39, 0.29) is 12.0 Å². The lowest BCUT2D eigenvalue weighted by Gasteiger charge is -2.46. The number of hydrogen-bond acceptors (Lipinski definition) is 11. The van der Waals surface area contributed by atoms with Gasteiger partial charge in [0.15, 0.2) is 5.82 Å². The molecule has 43 heavy (non-hydrogen) atoms. The minimum Gasteiger partial charge on any atom is -0.495 e. The third-order valence-electron chi connectivity index (χ3n) is 9.31. The first-order valence-electron chi connectivity index (χ1n) is 15.1. The maximum Gasteiger partial charge on any atom is 0.263 e. The number of fused-ring (bicyclic) bond motifs is 4. The number of ether oxygens (including phenoxy) is 1. The average Bonchev–Trinajstić information content (AvgIpc) is 3.56. The van der Waals surface area contributed by atoms with Crippen LogP contribution >= 0.6 is 0 Å². The van der Waals surface area contributed by atoms with Crippen molar-refractivity contribution in [2.75, 3.05) is 57.6 Å². The Morgan fingerprint density at radius 1 is 1.05 bits per heavy atom. The lowest BCUT2D eigenvalue weighted by molar-refractivity contribution is 0.0747. The van der Waals surface area contributed by atoms with E-state index in [0.717, 1.165) is 81.2 Å². The number of hydrogen-bond donors (Lipinski definition) is 3. The molecular formula is C32H38N8O3. The zero-order valence-corrected chi connectivity index (χ0v) is 24.7. The zero-order valence-electron chi connectivity index (χ0n) is 24.7. The number of aliphatic hydroxyl groups is 1. The Morgan fingerprint density at radius 2 is 1.84 bits per heavy atom. The maximum absolute atomic E-state index is 10.4. The number of benzene rings is 2. The van der Waals surface area contributed by atoms with Gasteiger partial charge in [0.05, 0.1) is 25.4 Å². The van der Waals surface area contributed by atoms with Crippen LogP contribution in [0.3, 0.4) is 0 Å². The summed E-state index contributed by atoms with van der Waals surface area (Å²) in [7, 11) is 3.80. The van der Waals surface area contributed by atoms with Crippen molar-refractivity contribution in [3.63, 3.8) is 0 Å². The van der Waals surface area contributed by atoms with E-state index in [4.69, 9.17) is 19.2 Å². The Morgan fingerprint density at radius 3 is 2.58 bits per heavy atom. The number of nitrogens with zero attached hydrogens (tertiary/aromatic N) is 6. The summed E-state index contributed by atoms with van der Waals surface area (Å²) in [6.07, 6.45) is 5.80. The summed E-state index contributed by atoms with van der Waals surface area (Å²) in [6, 6.07) is 13.6. The summed E-state index contributed by atoms with van der Waals surface area (Å²) in [6.45, 7) is 4.96. The van der Waals surface area contributed by atoms with Crippen LogP contribution < -0.4 is 15.4 Å². The standard InChI is InChI=1S/C32H38N8O3/c1-39-12-8-22-17-27(42-2)25(16-23(22)19-39)35-31-33-18-24(28(36-31)34-26(20-41)21-6-4-3-5-7-21)29-37-30(38-43-29)32-9-13-40(14-10-32)15-11-32/h3-7,16-18,26,41H,8-15,19-20H2,1-2H3,(H2,33,34,35,36)/t26-/m1/s1.